The summed E-state index contributed by atoms with van der Waals surface area (Å²) in [5.74, 6) is -0.391. The standard InChI is InChI=1S/C23H28O3/c1-14(24)20(26)23-11-9-22(10-12-23)19-6-3-15-13-16(25)4-5-17(15)18(19)7-8-21(22,23)2/h9,11,13-14,19,24H,3-8,10,12H2,1-2H3/t14-,19+,21-,22+,23-/m0/s1/i1T3,14T. The average Bonchev–Trinajstić information content (AvgIpc) is 3.10. The van der Waals surface area contributed by atoms with Gasteiger partial charge in [-0.25, -0.2) is 0 Å². The Bertz CT molecular complexity index is 956. The molecule has 5 aliphatic rings. The van der Waals surface area contributed by atoms with Crippen LogP contribution in [0, 0.1) is 22.2 Å². The number of aliphatic hydroxyl groups is 1. The van der Waals surface area contributed by atoms with Crippen molar-refractivity contribution in [3.8, 4) is 0 Å². The first-order valence-electron chi connectivity index (χ1n) is 11.8. The molecule has 2 bridgehead atoms. The fourth-order valence-corrected chi connectivity index (χ4v) is 7.29. The van der Waals surface area contributed by atoms with Crippen molar-refractivity contribution in [3.63, 3.8) is 0 Å². The second-order valence-corrected chi connectivity index (χ2v) is 9.09. The van der Waals surface area contributed by atoms with Crippen molar-refractivity contribution in [1.29, 1.82) is 0 Å². The first-order chi connectivity index (χ1) is 13.9. The number of rotatable bonds is 2. The monoisotopic (exact) mass is 360 g/mol. The molecule has 0 aromatic rings. The summed E-state index contributed by atoms with van der Waals surface area (Å²) in [6, 6.07) is 0. The summed E-state index contributed by atoms with van der Waals surface area (Å²) in [5.41, 5.74) is 2.09. The van der Waals surface area contributed by atoms with E-state index in [9.17, 15) is 14.7 Å². The molecule has 1 N–H and O–H groups in total. The van der Waals surface area contributed by atoms with Crippen LogP contribution >= 0.6 is 0 Å². The van der Waals surface area contributed by atoms with Crippen molar-refractivity contribution in [2.24, 2.45) is 22.2 Å². The van der Waals surface area contributed by atoms with Gasteiger partial charge in [0.2, 0.25) is 0 Å². The van der Waals surface area contributed by atoms with Crippen LogP contribution in [0.5, 0.6) is 0 Å². The number of allylic oxidation sites excluding steroid dienone is 6. The number of carbonyl (C=O) groups is 2. The van der Waals surface area contributed by atoms with E-state index in [-0.39, 0.29) is 17.1 Å². The lowest BCUT2D eigenvalue weighted by molar-refractivity contribution is -0.141. The zero-order valence-corrected chi connectivity index (χ0v) is 15.2. The van der Waals surface area contributed by atoms with Gasteiger partial charge in [0, 0.05) is 15.9 Å². The molecule has 0 saturated heterocycles. The van der Waals surface area contributed by atoms with Gasteiger partial charge in [0.05, 0.1) is 6.79 Å². The van der Waals surface area contributed by atoms with Crippen LogP contribution in [-0.4, -0.2) is 22.8 Å². The Balaban J connectivity index is 1.59. The quantitative estimate of drug-likeness (QED) is 0.755. The van der Waals surface area contributed by atoms with Crippen molar-refractivity contribution >= 4 is 11.6 Å². The minimum absolute atomic E-state index is 0.206. The Kier molecular flexibility index (Phi) is 2.50. The van der Waals surface area contributed by atoms with Crippen molar-refractivity contribution < 1.29 is 20.2 Å². The Morgan fingerprint density at radius 3 is 2.85 bits per heavy atom. The van der Waals surface area contributed by atoms with E-state index in [2.05, 4.69) is 13.0 Å². The molecular formula is C23H28O3. The maximum absolute atomic E-state index is 13.5. The second-order valence-electron chi connectivity index (χ2n) is 9.09. The van der Waals surface area contributed by atoms with E-state index >= 15 is 0 Å². The van der Waals surface area contributed by atoms with Gasteiger partial charge in [0.25, 0.3) is 0 Å². The van der Waals surface area contributed by atoms with Crippen LogP contribution in [0.3, 0.4) is 0 Å². The van der Waals surface area contributed by atoms with E-state index < -0.39 is 29.5 Å². The molecule has 2 saturated carbocycles. The molecule has 5 aliphatic carbocycles. The highest BCUT2D eigenvalue weighted by Gasteiger charge is 2.72. The van der Waals surface area contributed by atoms with Crippen LogP contribution in [0.25, 0.3) is 0 Å². The molecule has 0 aromatic carbocycles. The molecule has 0 amide bonds. The second kappa shape index (κ2) is 5.07. The Labute approximate surface area is 160 Å². The number of Topliss-reactive ketones (excluding diaryl/α,β-unsaturated/α-hetero) is 1. The topological polar surface area (TPSA) is 54.4 Å². The Hall–Kier alpha value is -1.48. The molecule has 0 aromatic heterocycles. The third-order valence-corrected chi connectivity index (χ3v) is 8.60. The molecule has 2 fully saturated rings. The zero-order chi connectivity index (χ0) is 21.7. The van der Waals surface area contributed by atoms with Crippen LogP contribution < -0.4 is 0 Å². The average molecular weight is 361 g/mol. The van der Waals surface area contributed by atoms with Crippen molar-refractivity contribution in [2.45, 2.75) is 71.2 Å². The summed E-state index contributed by atoms with van der Waals surface area (Å²) < 4.78 is 30.8. The number of carbonyl (C=O) groups excluding carboxylic acids is 2. The van der Waals surface area contributed by atoms with E-state index in [4.69, 9.17) is 5.48 Å². The summed E-state index contributed by atoms with van der Waals surface area (Å²) >= 11 is 0. The van der Waals surface area contributed by atoms with Gasteiger partial charge < -0.3 is 5.11 Å². The van der Waals surface area contributed by atoms with Crippen molar-refractivity contribution in [1.82, 2.24) is 0 Å². The zero-order valence-electron chi connectivity index (χ0n) is 19.2. The van der Waals surface area contributed by atoms with Crippen LogP contribution in [0.2, 0.25) is 0 Å². The first kappa shape index (κ1) is 12.8. The lowest BCUT2D eigenvalue weighted by Gasteiger charge is -2.55. The van der Waals surface area contributed by atoms with Gasteiger partial charge in [-0.1, -0.05) is 24.6 Å². The summed E-state index contributed by atoms with van der Waals surface area (Å²) in [4.78, 5) is 25.4. The third kappa shape index (κ3) is 1.69. The number of fused-ring (bicyclic) bond motifs is 2. The highest BCUT2D eigenvalue weighted by atomic mass is 16.3. The van der Waals surface area contributed by atoms with Gasteiger partial charge in [0.1, 0.15) is 6.08 Å². The van der Waals surface area contributed by atoms with Gasteiger partial charge in [-0.3, -0.25) is 9.59 Å². The van der Waals surface area contributed by atoms with Crippen LogP contribution in [0.1, 0.15) is 70.6 Å². The molecule has 5 rings (SSSR count). The van der Waals surface area contributed by atoms with Crippen LogP contribution in [-0.2, 0) is 9.59 Å². The molecule has 0 spiro atoms. The predicted molar refractivity (Wildman–Crippen MR) is 99.3 cm³/mol. The van der Waals surface area contributed by atoms with E-state index in [1.165, 1.54) is 16.7 Å². The highest BCUT2D eigenvalue weighted by Crippen LogP contribution is 2.77. The molecule has 26 heavy (non-hydrogen) atoms. The highest BCUT2D eigenvalue weighted by molar-refractivity contribution is 5.94. The molecule has 138 valence electrons. The van der Waals surface area contributed by atoms with Crippen LogP contribution in [0.4, 0.5) is 0 Å². The maximum atomic E-state index is 13.5. The number of hydrogen-bond donors (Lipinski definition) is 1. The van der Waals surface area contributed by atoms with E-state index in [1.54, 1.807) is 0 Å². The minimum atomic E-state index is -3.11. The lowest BCUT2D eigenvalue weighted by atomic mass is 9.47. The van der Waals surface area contributed by atoms with E-state index in [1.807, 2.05) is 12.2 Å². The lowest BCUT2D eigenvalue weighted by Crippen LogP contribution is -2.52. The van der Waals surface area contributed by atoms with Crippen LogP contribution in [0.15, 0.2) is 34.9 Å². The first-order valence-corrected chi connectivity index (χ1v) is 9.83. The van der Waals surface area contributed by atoms with E-state index in [0.29, 0.717) is 12.8 Å². The summed E-state index contributed by atoms with van der Waals surface area (Å²) in [6.45, 7) is -1.01. The molecule has 3 nitrogen and oxygen atoms in total. The molecule has 5 atom stereocenters. The minimum Gasteiger partial charge on any atom is -0.386 e. The fourth-order valence-electron chi connectivity index (χ4n) is 7.29. The molecule has 0 radical (unpaired) electrons. The van der Waals surface area contributed by atoms with Gasteiger partial charge in [-0.2, -0.15) is 0 Å². The van der Waals surface area contributed by atoms with Crippen molar-refractivity contribution in [3.05, 3.63) is 34.9 Å². The normalized spacial score (nSPS) is 48.3. The van der Waals surface area contributed by atoms with Gasteiger partial charge in [-0.05, 0) is 80.4 Å². The SMILES string of the molecule is [3H]C([3H])([3H])[C@]([3H])(O)C(=O)[C@]12C=C[C@@]3(CC1)[C@@H]1CCC4=CC(=O)CCC4=C1CC[C@]23C. The fraction of sp³-hybridized carbons (Fsp3) is 0.652. The molecule has 0 heterocycles. The Morgan fingerprint density at radius 2 is 2.12 bits per heavy atom. The van der Waals surface area contributed by atoms with E-state index in [0.717, 1.165) is 38.5 Å². The number of hydrogen-bond acceptors (Lipinski definition) is 3. The third-order valence-electron chi connectivity index (χ3n) is 8.60. The van der Waals surface area contributed by atoms with Gasteiger partial charge in [-0.15, -0.1) is 0 Å². The number of ketones is 2. The predicted octanol–water partition coefficient (Wildman–Crippen LogP) is 4.07. The summed E-state index contributed by atoms with van der Waals surface area (Å²) in [6.07, 6.45) is 8.60. The van der Waals surface area contributed by atoms with Gasteiger partial charge in [0.15, 0.2) is 11.6 Å². The Morgan fingerprint density at radius 1 is 1.27 bits per heavy atom. The van der Waals surface area contributed by atoms with Crippen molar-refractivity contribution in [2.75, 3.05) is 0 Å². The maximum Gasteiger partial charge on any atom is 0.171 e. The summed E-state index contributed by atoms with van der Waals surface area (Å²) in [5, 5.41) is 10.5. The molecule has 0 aliphatic heterocycles. The molecule has 0 unspecified atom stereocenters. The van der Waals surface area contributed by atoms with Gasteiger partial charge >= 0.3 is 0 Å². The summed E-state index contributed by atoms with van der Waals surface area (Å²) in [7, 11) is 0. The molecule has 3 heteroatoms. The molecular weight excluding hydrogens is 324 g/mol. The smallest absolute Gasteiger partial charge is 0.171 e. The largest absolute Gasteiger partial charge is 0.386 e.